The summed E-state index contributed by atoms with van der Waals surface area (Å²) in [4.78, 5) is 11.9. The standard InChI is InChI=1S/C13H16N4O/c1-9-4-10(2)6-12(5-9)15-13(18)8-17-11(3)7-14-16-17/h4-7H,8H2,1-3H3,(H,15,18). The number of nitrogens with zero attached hydrogens (tertiary/aromatic N) is 3. The quantitative estimate of drug-likeness (QED) is 0.896. The molecule has 0 aliphatic rings. The number of hydrogen-bond donors (Lipinski definition) is 1. The van der Waals surface area contributed by atoms with E-state index in [9.17, 15) is 4.79 Å². The Morgan fingerprint density at radius 1 is 1.22 bits per heavy atom. The Morgan fingerprint density at radius 2 is 1.89 bits per heavy atom. The van der Waals surface area contributed by atoms with E-state index < -0.39 is 0 Å². The number of amides is 1. The molecule has 1 heterocycles. The second kappa shape index (κ2) is 5.00. The summed E-state index contributed by atoms with van der Waals surface area (Å²) in [5.41, 5.74) is 3.94. The Morgan fingerprint density at radius 3 is 2.44 bits per heavy atom. The largest absolute Gasteiger partial charge is 0.324 e. The van der Waals surface area contributed by atoms with Crippen LogP contribution < -0.4 is 5.32 Å². The lowest BCUT2D eigenvalue weighted by Crippen LogP contribution is -2.20. The van der Waals surface area contributed by atoms with Crippen molar-refractivity contribution in [3.63, 3.8) is 0 Å². The second-order valence-corrected chi connectivity index (χ2v) is 4.46. The van der Waals surface area contributed by atoms with E-state index in [1.165, 1.54) is 0 Å². The molecule has 0 fully saturated rings. The first-order chi connectivity index (χ1) is 8.54. The molecule has 1 aromatic carbocycles. The van der Waals surface area contributed by atoms with E-state index in [1.54, 1.807) is 10.9 Å². The molecule has 5 heteroatoms. The van der Waals surface area contributed by atoms with Crippen LogP contribution in [-0.2, 0) is 11.3 Å². The van der Waals surface area contributed by atoms with Gasteiger partial charge < -0.3 is 5.32 Å². The molecule has 1 aromatic heterocycles. The van der Waals surface area contributed by atoms with Crippen LogP contribution in [0.1, 0.15) is 16.8 Å². The van der Waals surface area contributed by atoms with Gasteiger partial charge in [0, 0.05) is 5.69 Å². The summed E-state index contributed by atoms with van der Waals surface area (Å²) in [6, 6.07) is 5.95. The first kappa shape index (κ1) is 12.3. The lowest BCUT2D eigenvalue weighted by atomic mass is 10.1. The van der Waals surface area contributed by atoms with Crippen LogP contribution in [0, 0.1) is 20.8 Å². The zero-order valence-corrected chi connectivity index (χ0v) is 10.8. The fraction of sp³-hybridized carbons (Fsp3) is 0.308. The van der Waals surface area contributed by atoms with Crippen molar-refractivity contribution in [2.75, 3.05) is 5.32 Å². The van der Waals surface area contributed by atoms with Crippen molar-refractivity contribution >= 4 is 11.6 Å². The van der Waals surface area contributed by atoms with Crippen LogP contribution in [0.15, 0.2) is 24.4 Å². The summed E-state index contributed by atoms with van der Waals surface area (Å²) in [6.07, 6.45) is 1.63. The molecule has 0 aliphatic heterocycles. The van der Waals surface area contributed by atoms with Crippen LogP contribution in [-0.4, -0.2) is 20.9 Å². The molecule has 0 spiro atoms. The molecular weight excluding hydrogens is 228 g/mol. The molecule has 0 aliphatic carbocycles. The highest BCUT2D eigenvalue weighted by Gasteiger charge is 2.07. The lowest BCUT2D eigenvalue weighted by Gasteiger charge is -2.08. The summed E-state index contributed by atoms with van der Waals surface area (Å²) in [5.74, 6) is -0.103. The summed E-state index contributed by atoms with van der Waals surface area (Å²) < 4.78 is 1.57. The number of carbonyl (C=O) groups is 1. The van der Waals surface area contributed by atoms with Crippen LogP contribution in [0.25, 0.3) is 0 Å². The van der Waals surface area contributed by atoms with Gasteiger partial charge in [-0.05, 0) is 44.0 Å². The van der Waals surface area contributed by atoms with E-state index in [0.717, 1.165) is 22.5 Å². The summed E-state index contributed by atoms with van der Waals surface area (Å²) in [5, 5.41) is 10.4. The average Bonchev–Trinajstić information content (AvgIpc) is 2.62. The normalized spacial score (nSPS) is 10.4. The van der Waals surface area contributed by atoms with Crippen molar-refractivity contribution in [3.05, 3.63) is 41.2 Å². The summed E-state index contributed by atoms with van der Waals surface area (Å²) in [6.45, 7) is 6.05. The fourth-order valence-electron chi connectivity index (χ4n) is 1.85. The van der Waals surface area contributed by atoms with Crippen molar-refractivity contribution in [1.29, 1.82) is 0 Å². The van der Waals surface area contributed by atoms with E-state index >= 15 is 0 Å². The molecule has 18 heavy (non-hydrogen) atoms. The highest BCUT2D eigenvalue weighted by atomic mass is 16.2. The van der Waals surface area contributed by atoms with Crippen molar-refractivity contribution in [2.24, 2.45) is 0 Å². The number of benzene rings is 1. The van der Waals surface area contributed by atoms with Gasteiger partial charge in [-0.25, -0.2) is 4.68 Å². The highest BCUT2D eigenvalue weighted by Crippen LogP contribution is 2.13. The van der Waals surface area contributed by atoms with Gasteiger partial charge in [0.05, 0.1) is 11.9 Å². The minimum Gasteiger partial charge on any atom is -0.324 e. The molecule has 0 radical (unpaired) electrons. The van der Waals surface area contributed by atoms with Crippen LogP contribution in [0.5, 0.6) is 0 Å². The third-order valence-electron chi connectivity index (χ3n) is 2.61. The van der Waals surface area contributed by atoms with E-state index in [2.05, 4.69) is 21.7 Å². The Kier molecular flexibility index (Phi) is 3.41. The minimum absolute atomic E-state index is 0.103. The van der Waals surface area contributed by atoms with Gasteiger partial charge in [-0.1, -0.05) is 11.3 Å². The zero-order valence-electron chi connectivity index (χ0n) is 10.8. The molecular formula is C13H16N4O. The van der Waals surface area contributed by atoms with Crippen molar-refractivity contribution < 1.29 is 4.79 Å². The Labute approximate surface area is 106 Å². The maximum absolute atomic E-state index is 11.9. The number of aromatic nitrogens is 3. The van der Waals surface area contributed by atoms with Crippen LogP contribution >= 0.6 is 0 Å². The number of rotatable bonds is 3. The number of anilines is 1. The Balaban J connectivity index is 2.05. The van der Waals surface area contributed by atoms with Crippen molar-refractivity contribution in [1.82, 2.24) is 15.0 Å². The molecule has 0 bridgehead atoms. The molecule has 94 valence electrons. The third kappa shape index (κ3) is 2.94. The monoisotopic (exact) mass is 244 g/mol. The molecule has 0 saturated carbocycles. The number of carbonyl (C=O) groups excluding carboxylic acids is 1. The van der Waals surface area contributed by atoms with Crippen LogP contribution in [0.2, 0.25) is 0 Å². The van der Waals surface area contributed by atoms with Gasteiger partial charge in [0.2, 0.25) is 5.91 Å². The third-order valence-corrected chi connectivity index (χ3v) is 2.61. The fourth-order valence-corrected chi connectivity index (χ4v) is 1.85. The van der Waals surface area contributed by atoms with E-state index in [-0.39, 0.29) is 12.5 Å². The Bertz CT molecular complexity index is 554. The van der Waals surface area contributed by atoms with Gasteiger partial charge in [0.1, 0.15) is 6.54 Å². The number of hydrogen-bond acceptors (Lipinski definition) is 3. The molecule has 1 amide bonds. The van der Waals surface area contributed by atoms with E-state index in [4.69, 9.17) is 0 Å². The average molecular weight is 244 g/mol. The van der Waals surface area contributed by atoms with Crippen LogP contribution in [0.4, 0.5) is 5.69 Å². The molecule has 2 aromatic rings. The molecule has 0 saturated heterocycles. The number of nitrogens with one attached hydrogen (secondary N) is 1. The van der Waals surface area contributed by atoms with Gasteiger partial charge in [-0.2, -0.15) is 0 Å². The molecule has 5 nitrogen and oxygen atoms in total. The zero-order chi connectivity index (χ0) is 13.1. The molecule has 1 N–H and O–H groups in total. The predicted octanol–water partition coefficient (Wildman–Crippen LogP) is 1.84. The summed E-state index contributed by atoms with van der Waals surface area (Å²) in [7, 11) is 0. The van der Waals surface area contributed by atoms with Gasteiger partial charge in [-0.15, -0.1) is 5.10 Å². The highest BCUT2D eigenvalue weighted by molar-refractivity contribution is 5.90. The maximum Gasteiger partial charge on any atom is 0.246 e. The second-order valence-electron chi connectivity index (χ2n) is 4.46. The van der Waals surface area contributed by atoms with Gasteiger partial charge >= 0.3 is 0 Å². The SMILES string of the molecule is Cc1cc(C)cc(NC(=O)Cn2nncc2C)c1. The van der Waals surface area contributed by atoms with Gasteiger partial charge in [0.15, 0.2) is 0 Å². The number of aryl methyl sites for hydroxylation is 3. The topological polar surface area (TPSA) is 59.8 Å². The van der Waals surface area contributed by atoms with Crippen molar-refractivity contribution in [2.45, 2.75) is 27.3 Å². The minimum atomic E-state index is -0.103. The Hall–Kier alpha value is -2.17. The van der Waals surface area contributed by atoms with E-state index in [1.807, 2.05) is 32.9 Å². The predicted molar refractivity (Wildman–Crippen MR) is 69.3 cm³/mol. The maximum atomic E-state index is 11.9. The van der Waals surface area contributed by atoms with E-state index in [0.29, 0.717) is 0 Å². The van der Waals surface area contributed by atoms with Crippen molar-refractivity contribution in [3.8, 4) is 0 Å². The van der Waals surface area contributed by atoms with Crippen LogP contribution in [0.3, 0.4) is 0 Å². The molecule has 0 atom stereocenters. The van der Waals surface area contributed by atoms with Gasteiger partial charge in [0.25, 0.3) is 0 Å². The summed E-state index contributed by atoms with van der Waals surface area (Å²) >= 11 is 0. The molecule has 0 unspecified atom stereocenters. The smallest absolute Gasteiger partial charge is 0.246 e. The van der Waals surface area contributed by atoms with Gasteiger partial charge in [-0.3, -0.25) is 4.79 Å². The molecule has 2 rings (SSSR count). The first-order valence-corrected chi connectivity index (χ1v) is 5.78. The lowest BCUT2D eigenvalue weighted by molar-refractivity contribution is -0.117. The first-order valence-electron chi connectivity index (χ1n) is 5.78.